The lowest BCUT2D eigenvalue weighted by molar-refractivity contribution is 0.0972. The lowest BCUT2D eigenvalue weighted by Gasteiger charge is -2.41. The molecule has 0 aromatic heterocycles. The van der Waals surface area contributed by atoms with Crippen molar-refractivity contribution in [1.82, 2.24) is 10.2 Å². The minimum atomic E-state index is -0.172. The molecule has 1 fully saturated rings. The molecule has 5 nitrogen and oxygen atoms in total. The molecule has 1 aliphatic heterocycles. The molecule has 2 unspecified atom stereocenters. The highest BCUT2D eigenvalue weighted by Crippen LogP contribution is 2.15. The highest BCUT2D eigenvalue weighted by molar-refractivity contribution is 5.89. The van der Waals surface area contributed by atoms with Crippen molar-refractivity contribution < 1.29 is 9.90 Å². The maximum Gasteiger partial charge on any atom is 0.322 e. The number of nitrogens with zero attached hydrogens (tertiary/aromatic N) is 1. The fourth-order valence-corrected chi connectivity index (χ4v) is 2.40. The number of rotatable bonds is 3. The molecule has 3 N–H and O–H groups in total. The molecule has 1 aromatic carbocycles. The first-order valence-electron chi connectivity index (χ1n) is 7.08. The molecule has 2 rings (SSSR count). The molecule has 1 heterocycles. The van der Waals surface area contributed by atoms with Gasteiger partial charge in [-0.2, -0.15) is 0 Å². The van der Waals surface area contributed by atoms with Gasteiger partial charge >= 0.3 is 6.03 Å². The Labute approximate surface area is 120 Å². The van der Waals surface area contributed by atoms with Gasteiger partial charge in [0.1, 0.15) is 0 Å². The molecule has 110 valence electrons. The first-order valence-corrected chi connectivity index (χ1v) is 7.08. The van der Waals surface area contributed by atoms with E-state index in [0.29, 0.717) is 19.0 Å². The average Bonchev–Trinajstić information content (AvgIpc) is 2.47. The van der Waals surface area contributed by atoms with Gasteiger partial charge in [-0.05, 0) is 18.1 Å². The summed E-state index contributed by atoms with van der Waals surface area (Å²) in [5, 5.41) is 15.7. The summed E-state index contributed by atoms with van der Waals surface area (Å²) in [5.41, 5.74) is 0.772. The Morgan fingerprint density at radius 1 is 1.45 bits per heavy atom. The number of aliphatic hydroxyl groups excluding tert-OH is 1. The van der Waals surface area contributed by atoms with Crippen LogP contribution in [-0.2, 0) is 0 Å². The molecule has 0 radical (unpaired) electrons. The minimum absolute atomic E-state index is 0.0278. The van der Waals surface area contributed by atoms with Gasteiger partial charge < -0.3 is 20.6 Å². The van der Waals surface area contributed by atoms with Crippen LogP contribution in [0.15, 0.2) is 30.3 Å². The molecule has 0 aliphatic carbocycles. The molecule has 0 spiro atoms. The summed E-state index contributed by atoms with van der Waals surface area (Å²) in [6.07, 6.45) is 0. The Kier molecular flexibility index (Phi) is 4.98. The maximum absolute atomic E-state index is 12.4. The fraction of sp³-hybridized carbons (Fsp3) is 0.533. The van der Waals surface area contributed by atoms with Gasteiger partial charge in [-0.3, -0.25) is 0 Å². The molecule has 1 aromatic rings. The van der Waals surface area contributed by atoms with Gasteiger partial charge in [-0.25, -0.2) is 4.79 Å². The number of para-hydroxylation sites is 1. The SMILES string of the molecule is CC(C)C1CN(C(=O)Nc2ccccc2)C(CO)CN1. The van der Waals surface area contributed by atoms with E-state index in [4.69, 9.17) is 0 Å². The van der Waals surface area contributed by atoms with Crippen LogP contribution in [0.25, 0.3) is 0 Å². The van der Waals surface area contributed by atoms with Crippen LogP contribution in [0, 0.1) is 5.92 Å². The number of hydrogen-bond acceptors (Lipinski definition) is 3. The molecular formula is C15H23N3O2. The Balaban J connectivity index is 2.04. The van der Waals surface area contributed by atoms with E-state index < -0.39 is 0 Å². The van der Waals surface area contributed by atoms with E-state index in [9.17, 15) is 9.90 Å². The number of carbonyl (C=O) groups is 1. The number of benzene rings is 1. The molecule has 5 heteroatoms. The van der Waals surface area contributed by atoms with Crippen LogP contribution in [0.2, 0.25) is 0 Å². The first-order chi connectivity index (χ1) is 9.61. The Morgan fingerprint density at radius 3 is 2.75 bits per heavy atom. The van der Waals surface area contributed by atoms with Crippen molar-refractivity contribution in [2.75, 3.05) is 25.0 Å². The standard InChI is InChI=1S/C15H23N3O2/c1-11(2)14-9-18(13(10-19)8-16-14)15(20)17-12-6-4-3-5-7-12/h3-7,11,13-14,16,19H,8-10H2,1-2H3,(H,17,20). The highest BCUT2D eigenvalue weighted by Gasteiger charge is 2.32. The maximum atomic E-state index is 12.4. The van der Waals surface area contributed by atoms with Crippen LogP contribution in [0.5, 0.6) is 0 Å². The summed E-state index contributed by atoms with van der Waals surface area (Å²) in [7, 11) is 0. The Bertz CT molecular complexity index is 436. The lowest BCUT2D eigenvalue weighted by Crippen LogP contribution is -2.61. The van der Waals surface area contributed by atoms with E-state index in [1.54, 1.807) is 4.90 Å². The third-order valence-electron chi connectivity index (χ3n) is 3.75. The molecule has 1 aliphatic rings. The molecule has 20 heavy (non-hydrogen) atoms. The fourth-order valence-electron chi connectivity index (χ4n) is 2.40. The zero-order chi connectivity index (χ0) is 14.5. The lowest BCUT2D eigenvalue weighted by atomic mass is 10.00. The van der Waals surface area contributed by atoms with E-state index in [1.165, 1.54) is 0 Å². The molecule has 2 atom stereocenters. The van der Waals surface area contributed by atoms with Crippen molar-refractivity contribution in [1.29, 1.82) is 0 Å². The van der Waals surface area contributed by atoms with Gasteiger partial charge in [0.25, 0.3) is 0 Å². The summed E-state index contributed by atoms with van der Waals surface area (Å²) in [5.74, 6) is 0.446. The number of carbonyl (C=O) groups excluding carboxylic acids is 1. The largest absolute Gasteiger partial charge is 0.394 e. The smallest absolute Gasteiger partial charge is 0.322 e. The predicted octanol–water partition coefficient (Wildman–Crippen LogP) is 1.51. The molecule has 0 saturated carbocycles. The number of nitrogens with one attached hydrogen (secondary N) is 2. The Hall–Kier alpha value is -1.59. The van der Waals surface area contributed by atoms with Gasteiger partial charge in [0.05, 0.1) is 12.6 Å². The number of piperazine rings is 1. The molecule has 2 amide bonds. The van der Waals surface area contributed by atoms with Gasteiger partial charge in [-0.1, -0.05) is 32.0 Å². The van der Waals surface area contributed by atoms with E-state index >= 15 is 0 Å². The monoisotopic (exact) mass is 277 g/mol. The van der Waals surface area contributed by atoms with Crippen LogP contribution in [-0.4, -0.2) is 47.8 Å². The summed E-state index contributed by atoms with van der Waals surface area (Å²) < 4.78 is 0. The van der Waals surface area contributed by atoms with Gasteiger partial charge in [0, 0.05) is 24.8 Å². The normalized spacial score (nSPS) is 22.9. The average molecular weight is 277 g/mol. The Morgan fingerprint density at radius 2 is 2.15 bits per heavy atom. The van der Waals surface area contributed by atoms with Crippen LogP contribution in [0.3, 0.4) is 0 Å². The second-order valence-electron chi connectivity index (χ2n) is 5.54. The van der Waals surface area contributed by atoms with Crippen molar-refractivity contribution in [2.45, 2.75) is 25.9 Å². The van der Waals surface area contributed by atoms with Gasteiger partial charge in [0.2, 0.25) is 0 Å². The zero-order valence-corrected chi connectivity index (χ0v) is 12.0. The van der Waals surface area contributed by atoms with Gasteiger partial charge in [0.15, 0.2) is 0 Å². The van der Waals surface area contributed by atoms with Crippen LogP contribution in [0.1, 0.15) is 13.8 Å². The van der Waals surface area contributed by atoms with Crippen molar-refractivity contribution in [2.24, 2.45) is 5.92 Å². The summed E-state index contributed by atoms with van der Waals surface area (Å²) in [6, 6.07) is 9.32. The number of urea groups is 1. The highest BCUT2D eigenvalue weighted by atomic mass is 16.3. The number of aliphatic hydroxyl groups is 1. The van der Waals surface area contributed by atoms with E-state index in [2.05, 4.69) is 24.5 Å². The van der Waals surface area contributed by atoms with Crippen LogP contribution in [0.4, 0.5) is 10.5 Å². The summed E-state index contributed by atoms with van der Waals surface area (Å²) in [4.78, 5) is 14.1. The second kappa shape index (κ2) is 6.72. The number of anilines is 1. The summed E-state index contributed by atoms with van der Waals surface area (Å²) >= 11 is 0. The predicted molar refractivity (Wildman–Crippen MR) is 79.7 cm³/mol. The molecule has 0 bridgehead atoms. The first kappa shape index (κ1) is 14.8. The van der Waals surface area contributed by atoms with E-state index in [0.717, 1.165) is 5.69 Å². The zero-order valence-electron chi connectivity index (χ0n) is 12.0. The summed E-state index contributed by atoms with van der Waals surface area (Å²) in [6.45, 7) is 5.47. The van der Waals surface area contributed by atoms with Crippen molar-refractivity contribution in [3.05, 3.63) is 30.3 Å². The molecular weight excluding hydrogens is 254 g/mol. The second-order valence-corrected chi connectivity index (χ2v) is 5.54. The van der Waals surface area contributed by atoms with Crippen LogP contribution >= 0.6 is 0 Å². The third-order valence-corrected chi connectivity index (χ3v) is 3.75. The van der Waals surface area contributed by atoms with Crippen molar-refractivity contribution >= 4 is 11.7 Å². The van der Waals surface area contributed by atoms with Crippen molar-refractivity contribution in [3.8, 4) is 0 Å². The van der Waals surface area contributed by atoms with Crippen molar-refractivity contribution in [3.63, 3.8) is 0 Å². The van der Waals surface area contributed by atoms with E-state index in [-0.39, 0.29) is 24.7 Å². The molecule has 1 saturated heterocycles. The minimum Gasteiger partial charge on any atom is -0.394 e. The number of hydrogen-bond donors (Lipinski definition) is 3. The number of amides is 2. The quantitative estimate of drug-likeness (QED) is 0.784. The topological polar surface area (TPSA) is 64.6 Å². The third kappa shape index (κ3) is 3.49. The van der Waals surface area contributed by atoms with Gasteiger partial charge in [-0.15, -0.1) is 0 Å². The van der Waals surface area contributed by atoms with Crippen LogP contribution < -0.4 is 10.6 Å². The van der Waals surface area contributed by atoms with E-state index in [1.807, 2.05) is 30.3 Å².